The van der Waals surface area contributed by atoms with Gasteiger partial charge in [-0.2, -0.15) is 0 Å². The third-order valence-electron chi connectivity index (χ3n) is 1.79. The van der Waals surface area contributed by atoms with Crippen LogP contribution in [-0.4, -0.2) is 37.4 Å². The number of hydrogen-bond donors (Lipinski definition) is 0. The molecule has 78 valence electrons. The number of nitrogens with zero attached hydrogens (tertiary/aromatic N) is 2. The van der Waals surface area contributed by atoms with Crippen molar-refractivity contribution in [3.63, 3.8) is 0 Å². The monoisotopic (exact) mass is 216 g/mol. The summed E-state index contributed by atoms with van der Waals surface area (Å²) in [5.74, 6) is 0. The lowest BCUT2D eigenvalue weighted by Crippen LogP contribution is -2.37. The Morgan fingerprint density at radius 1 is 1.64 bits per heavy atom. The Bertz CT molecular complexity index is 255. The standard InChI is InChI=1S/C9H13ClN2O2/c1-4-8-9(14-6-13-8)12(3)5-11-7(2)10/h4-5,8-9H,1-2,6H2,3H3. The predicted octanol–water partition coefficient (Wildman–Crippen LogP) is 1.54. The Morgan fingerprint density at radius 2 is 2.36 bits per heavy atom. The average molecular weight is 217 g/mol. The lowest BCUT2D eigenvalue weighted by Gasteiger charge is -2.22. The minimum atomic E-state index is -0.202. The van der Waals surface area contributed by atoms with E-state index in [1.165, 1.54) is 0 Å². The van der Waals surface area contributed by atoms with Crippen LogP contribution in [0, 0.1) is 0 Å². The molecule has 1 aliphatic rings. The van der Waals surface area contributed by atoms with Crippen LogP contribution in [0.1, 0.15) is 0 Å². The van der Waals surface area contributed by atoms with Gasteiger partial charge in [0.05, 0.1) is 6.34 Å². The minimum absolute atomic E-state index is 0.143. The maximum Gasteiger partial charge on any atom is 0.163 e. The van der Waals surface area contributed by atoms with Crippen molar-refractivity contribution < 1.29 is 9.47 Å². The van der Waals surface area contributed by atoms with Gasteiger partial charge in [0.25, 0.3) is 0 Å². The van der Waals surface area contributed by atoms with Crippen molar-refractivity contribution in [2.45, 2.75) is 12.3 Å². The predicted molar refractivity (Wildman–Crippen MR) is 56.1 cm³/mol. The molecule has 1 rings (SSSR count). The van der Waals surface area contributed by atoms with E-state index in [0.717, 1.165) is 0 Å². The van der Waals surface area contributed by atoms with Gasteiger partial charge in [0.15, 0.2) is 13.0 Å². The molecule has 1 aliphatic heterocycles. The fraction of sp³-hybridized carbons (Fsp3) is 0.444. The summed E-state index contributed by atoms with van der Waals surface area (Å²) in [6.07, 6.45) is 2.89. The van der Waals surface area contributed by atoms with Gasteiger partial charge in [-0.3, -0.25) is 0 Å². The van der Waals surface area contributed by atoms with Gasteiger partial charge in [0.1, 0.15) is 11.3 Å². The zero-order valence-corrected chi connectivity index (χ0v) is 8.78. The van der Waals surface area contributed by atoms with Crippen molar-refractivity contribution in [3.8, 4) is 0 Å². The van der Waals surface area contributed by atoms with Gasteiger partial charge < -0.3 is 14.4 Å². The minimum Gasteiger partial charge on any atom is -0.343 e. The van der Waals surface area contributed by atoms with Crippen LogP contribution in [0.5, 0.6) is 0 Å². The molecule has 0 aromatic rings. The second-order valence-corrected chi connectivity index (χ2v) is 3.26. The van der Waals surface area contributed by atoms with Crippen molar-refractivity contribution in [2.24, 2.45) is 4.99 Å². The summed E-state index contributed by atoms with van der Waals surface area (Å²) in [4.78, 5) is 5.60. The molecule has 4 nitrogen and oxygen atoms in total. The molecule has 2 atom stereocenters. The third kappa shape index (κ3) is 2.83. The molecule has 0 radical (unpaired) electrons. The van der Waals surface area contributed by atoms with Gasteiger partial charge >= 0.3 is 0 Å². The van der Waals surface area contributed by atoms with Crippen LogP contribution in [-0.2, 0) is 9.47 Å². The van der Waals surface area contributed by atoms with Crippen molar-refractivity contribution >= 4 is 17.9 Å². The van der Waals surface area contributed by atoms with E-state index in [1.807, 2.05) is 7.05 Å². The summed E-state index contributed by atoms with van der Waals surface area (Å²) in [5.41, 5.74) is 0. The molecule has 0 amide bonds. The van der Waals surface area contributed by atoms with E-state index in [2.05, 4.69) is 18.2 Å². The largest absolute Gasteiger partial charge is 0.343 e. The van der Waals surface area contributed by atoms with E-state index in [-0.39, 0.29) is 24.3 Å². The molecule has 1 heterocycles. The van der Waals surface area contributed by atoms with E-state index in [9.17, 15) is 0 Å². The Hall–Kier alpha value is -0.840. The van der Waals surface area contributed by atoms with Crippen LogP contribution < -0.4 is 0 Å². The molecule has 0 bridgehead atoms. The number of ether oxygens (including phenoxy) is 2. The highest BCUT2D eigenvalue weighted by Gasteiger charge is 2.29. The van der Waals surface area contributed by atoms with E-state index in [1.54, 1.807) is 17.3 Å². The molecule has 0 aromatic carbocycles. The molecule has 0 aliphatic carbocycles. The molecule has 2 unspecified atom stereocenters. The van der Waals surface area contributed by atoms with E-state index >= 15 is 0 Å². The molecule has 0 N–H and O–H groups in total. The highest BCUT2D eigenvalue weighted by Crippen LogP contribution is 2.15. The third-order valence-corrected chi connectivity index (χ3v) is 1.89. The van der Waals surface area contributed by atoms with Gasteiger partial charge in [0, 0.05) is 7.05 Å². The zero-order chi connectivity index (χ0) is 10.6. The van der Waals surface area contributed by atoms with Crippen molar-refractivity contribution in [1.82, 2.24) is 4.90 Å². The first-order chi connectivity index (χ1) is 6.65. The number of hydrogen-bond acceptors (Lipinski definition) is 3. The Labute approximate surface area is 88.5 Å². The first-order valence-corrected chi connectivity index (χ1v) is 4.49. The first-order valence-electron chi connectivity index (χ1n) is 4.11. The number of rotatable bonds is 4. The Kier molecular flexibility index (Phi) is 4.13. The Balaban J connectivity index is 2.55. The summed E-state index contributed by atoms with van der Waals surface area (Å²) < 4.78 is 10.6. The first kappa shape index (κ1) is 11.2. The second kappa shape index (κ2) is 5.14. The summed E-state index contributed by atoms with van der Waals surface area (Å²) in [6.45, 7) is 7.36. The maximum atomic E-state index is 5.49. The van der Waals surface area contributed by atoms with Crippen molar-refractivity contribution in [3.05, 3.63) is 24.4 Å². The van der Waals surface area contributed by atoms with Gasteiger partial charge in [-0.1, -0.05) is 24.3 Å². The normalized spacial score (nSPS) is 26.7. The van der Waals surface area contributed by atoms with Crippen LogP contribution >= 0.6 is 11.6 Å². The highest BCUT2D eigenvalue weighted by atomic mass is 35.5. The average Bonchev–Trinajstić information content (AvgIpc) is 2.61. The van der Waals surface area contributed by atoms with Crippen LogP contribution in [0.15, 0.2) is 29.4 Å². The molecule has 5 heteroatoms. The summed E-state index contributed by atoms with van der Waals surface area (Å²) in [7, 11) is 1.82. The fourth-order valence-corrected chi connectivity index (χ4v) is 1.16. The van der Waals surface area contributed by atoms with Crippen molar-refractivity contribution in [2.75, 3.05) is 13.8 Å². The molecule has 1 saturated heterocycles. The topological polar surface area (TPSA) is 34.1 Å². The quantitative estimate of drug-likeness (QED) is 0.310. The molecule has 1 fully saturated rings. The highest BCUT2D eigenvalue weighted by molar-refractivity contribution is 6.29. The molecular formula is C9H13ClN2O2. The molecule has 0 spiro atoms. The summed E-state index contributed by atoms with van der Waals surface area (Å²) >= 11 is 5.49. The van der Waals surface area contributed by atoms with Gasteiger partial charge in [-0.25, -0.2) is 4.99 Å². The molecule has 0 saturated carbocycles. The van der Waals surface area contributed by atoms with Crippen LogP contribution in [0.3, 0.4) is 0 Å². The lowest BCUT2D eigenvalue weighted by atomic mass is 10.3. The SMILES string of the molecule is C=CC1OCOC1N(C)C=NC(=C)Cl. The van der Waals surface area contributed by atoms with E-state index in [4.69, 9.17) is 21.1 Å². The van der Waals surface area contributed by atoms with E-state index < -0.39 is 0 Å². The molecular weight excluding hydrogens is 204 g/mol. The maximum absolute atomic E-state index is 5.49. The van der Waals surface area contributed by atoms with Gasteiger partial charge in [0.2, 0.25) is 0 Å². The summed E-state index contributed by atoms with van der Waals surface area (Å²) in [6, 6.07) is 0. The summed E-state index contributed by atoms with van der Waals surface area (Å²) in [5, 5.41) is 0.228. The fourth-order valence-electron chi connectivity index (χ4n) is 1.12. The smallest absolute Gasteiger partial charge is 0.163 e. The number of aliphatic imine (C=N–C) groups is 1. The van der Waals surface area contributed by atoms with Crippen molar-refractivity contribution in [1.29, 1.82) is 0 Å². The van der Waals surface area contributed by atoms with Crippen LogP contribution in [0.2, 0.25) is 0 Å². The second-order valence-electron chi connectivity index (χ2n) is 2.83. The lowest BCUT2D eigenvalue weighted by molar-refractivity contribution is 0.0125. The van der Waals surface area contributed by atoms with Gasteiger partial charge in [-0.05, 0) is 0 Å². The Morgan fingerprint density at radius 3 is 2.93 bits per heavy atom. The zero-order valence-electron chi connectivity index (χ0n) is 8.02. The molecule has 0 aromatic heterocycles. The molecule has 14 heavy (non-hydrogen) atoms. The van der Waals surface area contributed by atoms with Crippen LogP contribution in [0.4, 0.5) is 0 Å². The number of likely N-dealkylation sites (N-methyl/N-ethyl adjacent to an activating group) is 1. The van der Waals surface area contributed by atoms with Crippen LogP contribution in [0.25, 0.3) is 0 Å². The number of halogens is 1. The van der Waals surface area contributed by atoms with Gasteiger partial charge in [-0.15, -0.1) is 6.58 Å². The van der Waals surface area contributed by atoms with E-state index in [0.29, 0.717) is 0 Å².